The van der Waals surface area contributed by atoms with Gasteiger partial charge in [-0.1, -0.05) is 19.4 Å². The second kappa shape index (κ2) is 8.64. The van der Waals surface area contributed by atoms with E-state index < -0.39 is 0 Å². The molecule has 0 atom stereocenters. The van der Waals surface area contributed by atoms with Gasteiger partial charge in [-0.25, -0.2) is 0 Å². The molecule has 1 heterocycles. The zero-order valence-electron chi connectivity index (χ0n) is 13.9. The van der Waals surface area contributed by atoms with E-state index in [9.17, 15) is 0 Å². The highest BCUT2D eigenvalue weighted by molar-refractivity contribution is 5.84. The van der Waals surface area contributed by atoms with Crippen molar-refractivity contribution < 1.29 is 4.74 Å². The highest BCUT2D eigenvalue weighted by atomic mass is 16.5. The van der Waals surface area contributed by atoms with Crippen LogP contribution in [0, 0.1) is 0 Å². The van der Waals surface area contributed by atoms with E-state index in [2.05, 4.69) is 41.7 Å². The molecule has 0 aliphatic rings. The van der Waals surface area contributed by atoms with Crippen LogP contribution in [-0.4, -0.2) is 36.1 Å². The number of hydrogen-bond acceptors (Lipinski definition) is 2. The Morgan fingerprint density at radius 1 is 1.27 bits per heavy atom. The molecule has 0 saturated carbocycles. The number of rotatable bonds is 10. The number of ether oxygens (including phenoxy) is 1. The Balaban J connectivity index is 2.06. The lowest BCUT2D eigenvalue weighted by Gasteiger charge is -2.20. The van der Waals surface area contributed by atoms with Gasteiger partial charge in [-0.15, -0.1) is 6.58 Å². The van der Waals surface area contributed by atoms with Gasteiger partial charge in [0.1, 0.15) is 5.75 Å². The van der Waals surface area contributed by atoms with Crippen molar-refractivity contribution in [3.05, 3.63) is 42.6 Å². The maximum absolute atomic E-state index is 5.62. The van der Waals surface area contributed by atoms with Crippen LogP contribution in [0.25, 0.3) is 10.9 Å². The van der Waals surface area contributed by atoms with Crippen LogP contribution in [0.1, 0.15) is 32.3 Å². The van der Waals surface area contributed by atoms with Crippen LogP contribution in [0.5, 0.6) is 5.75 Å². The monoisotopic (exact) mass is 300 g/mol. The zero-order chi connectivity index (χ0) is 15.8. The summed E-state index contributed by atoms with van der Waals surface area (Å²) in [5, 5.41) is 1.28. The fraction of sp³-hybridized carbons (Fsp3) is 0.474. The normalized spacial score (nSPS) is 11.2. The SMILES string of the molecule is C=CCN(CCCC)CCc1c[nH]c2ccc(OCC)cc12. The highest BCUT2D eigenvalue weighted by Crippen LogP contribution is 2.24. The van der Waals surface area contributed by atoms with Crippen LogP contribution < -0.4 is 4.74 Å². The lowest BCUT2D eigenvalue weighted by Crippen LogP contribution is -2.27. The smallest absolute Gasteiger partial charge is 0.120 e. The fourth-order valence-electron chi connectivity index (χ4n) is 2.76. The number of fused-ring (bicyclic) bond motifs is 1. The molecule has 0 saturated heterocycles. The molecule has 0 aliphatic carbocycles. The molecule has 1 aromatic carbocycles. The lowest BCUT2D eigenvalue weighted by molar-refractivity contribution is 0.301. The van der Waals surface area contributed by atoms with Crippen molar-refractivity contribution in [1.29, 1.82) is 0 Å². The summed E-state index contributed by atoms with van der Waals surface area (Å²) < 4.78 is 5.62. The van der Waals surface area contributed by atoms with E-state index in [0.717, 1.165) is 31.8 Å². The van der Waals surface area contributed by atoms with Crippen LogP contribution in [0.4, 0.5) is 0 Å². The predicted octanol–water partition coefficient (Wildman–Crippen LogP) is 4.40. The molecule has 2 aromatic rings. The minimum atomic E-state index is 0.704. The van der Waals surface area contributed by atoms with Crippen LogP contribution >= 0.6 is 0 Å². The van der Waals surface area contributed by atoms with Crippen molar-refractivity contribution in [1.82, 2.24) is 9.88 Å². The second-order valence-electron chi connectivity index (χ2n) is 5.65. The maximum atomic E-state index is 5.62. The number of aromatic nitrogens is 1. The van der Waals surface area contributed by atoms with Crippen molar-refractivity contribution in [2.75, 3.05) is 26.2 Å². The van der Waals surface area contributed by atoms with E-state index >= 15 is 0 Å². The van der Waals surface area contributed by atoms with Crippen LogP contribution in [0.2, 0.25) is 0 Å². The molecule has 3 heteroatoms. The van der Waals surface area contributed by atoms with Crippen molar-refractivity contribution >= 4 is 10.9 Å². The van der Waals surface area contributed by atoms with Crippen molar-refractivity contribution in [2.24, 2.45) is 0 Å². The van der Waals surface area contributed by atoms with Gasteiger partial charge in [0.15, 0.2) is 0 Å². The average molecular weight is 300 g/mol. The number of hydrogen-bond donors (Lipinski definition) is 1. The molecule has 0 unspecified atom stereocenters. The molecular weight excluding hydrogens is 272 g/mol. The second-order valence-corrected chi connectivity index (χ2v) is 5.65. The summed E-state index contributed by atoms with van der Waals surface area (Å²) in [5.74, 6) is 0.949. The van der Waals surface area contributed by atoms with E-state index in [0.29, 0.717) is 6.61 Å². The van der Waals surface area contributed by atoms with Crippen molar-refractivity contribution in [3.8, 4) is 5.75 Å². The molecule has 2 rings (SSSR count). The van der Waals surface area contributed by atoms with Gasteiger partial charge in [0.2, 0.25) is 0 Å². The van der Waals surface area contributed by atoms with E-state index in [4.69, 9.17) is 4.74 Å². The summed E-state index contributed by atoms with van der Waals surface area (Å²) >= 11 is 0. The average Bonchev–Trinajstić information content (AvgIpc) is 2.93. The van der Waals surface area contributed by atoms with Gasteiger partial charge in [0.05, 0.1) is 6.61 Å². The zero-order valence-corrected chi connectivity index (χ0v) is 13.9. The molecule has 0 bridgehead atoms. The Morgan fingerprint density at radius 3 is 2.86 bits per heavy atom. The van der Waals surface area contributed by atoms with E-state index in [1.54, 1.807) is 0 Å². The lowest BCUT2D eigenvalue weighted by atomic mass is 10.1. The summed E-state index contributed by atoms with van der Waals surface area (Å²) in [7, 11) is 0. The molecule has 3 nitrogen and oxygen atoms in total. The van der Waals surface area contributed by atoms with Gasteiger partial charge in [0, 0.05) is 30.2 Å². The molecule has 1 aromatic heterocycles. The van der Waals surface area contributed by atoms with E-state index in [1.807, 2.05) is 19.1 Å². The first-order chi connectivity index (χ1) is 10.8. The maximum Gasteiger partial charge on any atom is 0.120 e. The van der Waals surface area contributed by atoms with Gasteiger partial charge in [-0.05, 0) is 50.1 Å². The minimum Gasteiger partial charge on any atom is -0.494 e. The van der Waals surface area contributed by atoms with E-state index in [-0.39, 0.29) is 0 Å². The molecule has 0 radical (unpaired) electrons. The number of benzene rings is 1. The number of H-pyrrole nitrogens is 1. The number of nitrogens with zero attached hydrogens (tertiary/aromatic N) is 1. The predicted molar refractivity (Wildman–Crippen MR) is 94.7 cm³/mol. The van der Waals surface area contributed by atoms with E-state index in [1.165, 1.54) is 29.3 Å². The van der Waals surface area contributed by atoms with Gasteiger partial charge in [0.25, 0.3) is 0 Å². The largest absolute Gasteiger partial charge is 0.494 e. The van der Waals surface area contributed by atoms with Gasteiger partial charge in [-0.3, -0.25) is 4.90 Å². The first kappa shape index (κ1) is 16.6. The van der Waals surface area contributed by atoms with Crippen LogP contribution in [0.15, 0.2) is 37.1 Å². The fourth-order valence-corrected chi connectivity index (χ4v) is 2.76. The van der Waals surface area contributed by atoms with Crippen LogP contribution in [-0.2, 0) is 6.42 Å². The molecule has 0 fully saturated rings. The molecule has 22 heavy (non-hydrogen) atoms. The summed E-state index contributed by atoms with van der Waals surface area (Å²) in [5.41, 5.74) is 2.55. The molecular formula is C19H28N2O. The molecule has 0 amide bonds. The number of nitrogens with one attached hydrogen (secondary N) is 1. The number of aromatic amines is 1. The molecule has 1 N–H and O–H groups in total. The van der Waals surface area contributed by atoms with Crippen LogP contribution in [0.3, 0.4) is 0 Å². The Hall–Kier alpha value is -1.74. The Morgan fingerprint density at radius 2 is 2.14 bits per heavy atom. The quantitative estimate of drug-likeness (QED) is 0.659. The molecule has 0 spiro atoms. The summed E-state index contributed by atoms with van der Waals surface area (Å²) in [6.45, 7) is 12.0. The summed E-state index contributed by atoms with van der Waals surface area (Å²) in [6, 6.07) is 6.27. The Kier molecular flexibility index (Phi) is 6.53. The van der Waals surface area contributed by atoms with Gasteiger partial charge in [-0.2, -0.15) is 0 Å². The summed E-state index contributed by atoms with van der Waals surface area (Å²) in [4.78, 5) is 5.84. The minimum absolute atomic E-state index is 0.704. The number of unbranched alkanes of at least 4 members (excludes halogenated alkanes) is 1. The standard InChI is InChI=1S/C19H28N2O/c1-4-7-12-21(11-5-2)13-10-16-15-20-19-9-8-17(22-6-3)14-18(16)19/h5,8-9,14-15,20H,2,4,6-7,10-13H2,1,3H3. The van der Waals surface area contributed by atoms with Gasteiger partial charge < -0.3 is 9.72 Å². The third kappa shape index (κ3) is 4.38. The summed E-state index contributed by atoms with van der Waals surface area (Å²) in [6.07, 6.45) is 7.66. The Labute approximate surface area is 134 Å². The first-order valence-corrected chi connectivity index (χ1v) is 8.34. The highest BCUT2D eigenvalue weighted by Gasteiger charge is 2.08. The first-order valence-electron chi connectivity index (χ1n) is 8.34. The molecule has 0 aliphatic heterocycles. The van der Waals surface area contributed by atoms with Gasteiger partial charge >= 0.3 is 0 Å². The third-order valence-electron chi connectivity index (χ3n) is 3.96. The molecule has 120 valence electrons. The third-order valence-corrected chi connectivity index (χ3v) is 3.96. The topological polar surface area (TPSA) is 28.3 Å². The van der Waals surface area contributed by atoms with Crippen molar-refractivity contribution in [3.63, 3.8) is 0 Å². The Bertz CT molecular complexity index is 588. The van der Waals surface area contributed by atoms with Crippen molar-refractivity contribution in [2.45, 2.75) is 33.1 Å².